The van der Waals surface area contributed by atoms with Gasteiger partial charge in [0.15, 0.2) is 18.5 Å². The van der Waals surface area contributed by atoms with Gasteiger partial charge in [-0.3, -0.25) is 19.2 Å². The van der Waals surface area contributed by atoms with Crippen LogP contribution in [0, 0.1) is 0 Å². The zero-order valence-electron chi connectivity index (χ0n) is 17.1. The predicted molar refractivity (Wildman–Crippen MR) is 94.8 cm³/mol. The van der Waals surface area contributed by atoms with Crippen molar-refractivity contribution < 1.29 is 42.9 Å². The highest BCUT2D eigenvalue weighted by atomic mass is 16.7. The molecule has 1 N–H and O–H groups in total. The Hall–Kier alpha value is -2.20. The van der Waals surface area contributed by atoms with Crippen LogP contribution in [0.25, 0.3) is 0 Å². The highest BCUT2D eigenvalue weighted by Gasteiger charge is 2.51. The Morgan fingerprint density at radius 1 is 0.964 bits per heavy atom. The van der Waals surface area contributed by atoms with Gasteiger partial charge in [0, 0.05) is 27.7 Å². The van der Waals surface area contributed by atoms with Crippen molar-refractivity contribution in [1.29, 1.82) is 0 Å². The van der Waals surface area contributed by atoms with Crippen molar-refractivity contribution in [2.75, 3.05) is 6.61 Å². The standard InChI is InChI=1S/C18H29NO9/c1-7-9(2)25-18-15(19-10(3)20)17(27-13(6)23)16(26-12(5)22)14(28-18)8-24-11(4)21/h9,14-18H,7-8H2,1-6H3,(H,19,20)/t9-,14+,15+,16-,17+,18+/m0/s1. The van der Waals surface area contributed by atoms with Crippen LogP contribution < -0.4 is 5.32 Å². The Kier molecular flexibility index (Phi) is 9.33. The van der Waals surface area contributed by atoms with Crippen molar-refractivity contribution in [3.8, 4) is 0 Å². The lowest BCUT2D eigenvalue weighted by Gasteiger charge is -2.45. The van der Waals surface area contributed by atoms with Gasteiger partial charge in [-0.2, -0.15) is 0 Å². The monoisotopic (exact) mass is 403 g/mol. The number of amides is 1. The molecule has 1 aliphatic rings. The summed E-state index contributed by atoms with van der Waals surface area (Å²) in [6.45, 7) is 8.35. The molecule has 1 fully saturated rings. The smallest absolute Gasteiger partial charge is 0.303 e. The maximum atomic E-state index is 11.7. The third-order valence-electron chi connectivity index (χ3n) is 4.01. The number of carbonyl (C=O) groups excluding carboxylic acids is 4. The second kappa shape index (κ2) is 11.0. The second-order valence-corrected chi connectivity index (χ2v) is 6.57. The fourth-order valence-electron chi connectivity index (χ4n) is 2.73. The SMILES string of the molecule is CC[C@H](C)O[C@@H]1O[C@H](COC(C)=O)[C@H](OC(C)=O)[C@H](OC(C)=O)[C@H]1NC(C)=O. The van der Waals surface area contributed by atoms with Crippen molar-refractivity contribution in [3.63, 3.8) is 0 Å². The Morgan fingerprint density at radius 2 is 1.54 bits per heavy atom. The summed E-state index contributed by atoms with van der Waals surface area (Å²) < 4.78 is 27.4. The van der Waals surface area contributed by atoms with E-state index in [1.165, 1.54) is 27.7 Å². The van der Waals surface area contributed by atoms with E-state index in [2.05, 4.69) is 5.32 Å². The van der Waals surface area contributed by atoms with Crippen LogP contribution in [0.15, 0.2) is 0 Å². The maximum Gasteiger partial charge on any atom is 0.303 e. The van der Waals surface area contributed by atoms with Gasteiger partial charge in [0.05, 0.1) is 6.10 Å². The molecule has 0 aromatic carbocycles. The lowest BCUT2D eigenvalue weighted by molar-refractivity contribution is -0.286. The first kappa shape index (κ1) is 23.8. The number of hydrogen-bond donors (Lipinski definition) is 1. The van der Waals surface area contributed by atoms with Gasteiger partial charge in [-0.15, -0.1) is 0 Å². The molecule has 1 saturated heterocycles. The third-order valence-corrected chi connectivity index (χ3v) is 4.01. The van der Waals surface area contributed by atoms with Gasteiger partial charge in [-0.25, -0.2) is 0 Å². The zero-order valence-corrected chi connectivity index (χ0v) is 17.1. The van der Waals surface area contributed by atoms with Gasteiger partial charge in [0.1, 0.15) is 18.8 Å². The Balaban J connectivity index is 3.28. The summed E-state index contributed by atoms with van der Waals surface area (Å²) in [5, 5.41) is 2.64. The molecule has 0 radical (unpaired) electrons. The van der Waals surface area contributed by atoms with Gasteiger partial charge < -0.3 is 29.0 Å². The van der Waals surface area contributed by atoms with Gasteiger partial charge in [-0.05, 0) is 13.3 Å². The topological polar surface area (TPSA) is 126 Å². The van der Waals surface area contributed by atoms with Crippen LogP contribution in [0.5, 0.6) is 0 Å². The summed E-state index contributed by atoms with van der Waals surface area (Å²) in [7, 11) is 0. The van der Waals surface area contributed by atoms with E-state index in [1.54, 1.807) is 0 Å². The molecule has 0 aromatic heterocycles. The van der Waals surface area contributed by atoms with Gasteiger partial charge in [-0.1, -0.05) is 6.92 Å². The van der Waals surface area contributed by atoms with Crippen LogP contribution in [0.3, 0.4) is 0 Å². The van der Waals surface area contributed by atoms with Crippen LogP contribution >= 0.6 is 0 Å². The minimum Gasteiger partial charge on any atom is -0.463 e. The Labute approximate surface area is 164 Å². The molecule has 1 heterocycles. The quantitative estimate of drug-likeness (QED) is 0.454. The molecule has 0 saturated carbocycles. The molecule has 10 nitrogen and oxygen atoms in total. The van der Waals surface area contributed by atoms with E-state index >= 15 is 0 Å². The van der Waals surface area contributed by atoms with Crippen molar-refractivity contribution in [1.82, 2.24) is 5.32 Å². The average Bonchev–Trinajstić information content (AvgIpc) is 2.57. The van der Waals surface area contributed by atoms with Crippen molar-refractivity contribution in [2.24, 2.45) is 0 Å². The van der Waals surface area contributed by atoms with Gasteiger partial charge in [0.2, 0.25) is 5.91 Å². The Bertz CT molecular complexity index is 579. The molecule has 0 bridgehead atoms. The first-order valence-corrected chi connectivity index (χ1v) is 9.10. The molecule has 1 aliphatic heterocycles. The first-order chi connectivity index (χ1) is 13.0. The van der Waals surface area contributed by atoms with Crippen LogP contribution in [0.2, 0.25) is 0 Å². The number of esters is 3. The molecular weight excluding hydrogens is 374 g/mol. The number of nitrogens with one attached hydrogen (secondary N) is 1. The molecule has 28 heavy (non-hydrogen) atoms. The summed E-state index contributed by atoms with van der Waals surface area (Å²) in [4.78, 5) is 46.3. The van der Waals surface area contributed by atoms with Crippen LogP contribution in [-0.4, -0.2) is 67.2 Å². The lowest BCUT2D eigenvalue weighted by Crippen LogP contribution is -2.66. The molecule has 1 rings (SSSR count). The molecule has 0 aromatic rings. The van der Waals surface area contributed by atoms with Crippen molar-refractivity contribution in [2.45, 2.75) is 84.7 Å². The third kappa shape index (κ3) is 7.43. The van der Waals surface area contributed by atoms with Crippen LogP contribution in [0.4, 0.5) is 0 Å². The molecule has 0 spiro atoms. The summed E-state index contributed by atoms with van der Waals surface area (Å²) in [6.07, 6.45) is -3.78. The van der Waals surface area contributed by atoms with E-state index in [0.29, 0.717) is 6.42 Å². The number of ether oxygens (including phenoxy) is 5. The van der Waals surface area contributed by atoms with E-state index in [9.17, 15) is 19.2 Å². The molecule has 0 unspecified atom stereocenters. The molecule has 10 heteroatoms. The summed E-state index contributed by atoms with van der Waals surface area (Å²) >= 11 is 0. The van der Waals surface area contributed by atoms with Gasteiger partial charge in [0.25, 0.3) is 0 Å². The van der Waals surface area contributed by atoms with Crippen molar-refractivity contribution >= 4 is 23.8 Å². The maximum absolute atomic E-state index is 11.7. The zero-order chi connectivity index (χ0) is 21.4. The molecule has 6 atom stereocenters. The second-order valence-electron chi connectivity index (χ2n) is 6.57. The summed E-state index contributed by atoms with van der Waals surface area (Å²) in [6, 6.07) is -0.937. The van der Waals surface area contributed by atoms with Gasteiger partial charge >= 0.3 is 17.9 Å². The number of hydrogen-bond acceptors (Lipinski definition) is 9. The van der Waals surface area contributed by atoms with E-state index in [-0.39, 0.29) is 12.7 Å². The number of rotatable bonds is 8. The Morgan fingerprint density at radius 3 is 2.00 bits per heavy atom. The van der Waals surface area contributed by atoms with Crippen molar-refractivity contribution in [3.05, 3.63) is 0 Å². The minimum absolute atomic E-state index is 0.237. The first-order valence-electron chi connectivity index (χ1n) is 9.10. The average molecular weight is 403 g/mol. The van der Waals surface area contributed by atoms with Crippen LogP contribution in [-0.2, 0) is 42.9 Å². The fraction of sp³-hybridized carbons (Fsp3) is 0.778. The highest BCUT2D eigenvalue weighted by molar-refractivity contribution is 5.73. The summed E-state index contributed by atoms with van der Waals surface area (Å²) in [5.74, 6) is -2.27. The minimum atomic E-state index is -1.12. The predicted octanol–water partition coefficient (Wildman–Crippen LogP) is 0.458. The highest BCUT2D eigenvalue weighted by Crippen LogP contribution is 2.28. The van der Waals surface area contributed by atoms with E-state index < -0.39 is 54.5 Å². The molecule has 0 aliphatic carbocycles. The summed E-state index contributed by atoms with van der Waals surface area (Å²) in [5.41, 5.74) is 0. The normalized spacial score (nSPS) is 28.0. The molecule has 160 valence electrons. The van der Waals surface area contributed by atoms with E-state index in [1.807, 2.05) is 13.8 Å². The number of carbonyl (C=O) groups is 4. The largest absolute Gasteiger partial charge is 0.463 e. The molecule has 1 amide bonds. The van der Waals surface area contributed by atoms with E-state index in [0.717, 1.165) is 0 Å². The lowest BCUT2D eigenvalue weighted by atomic mass is 9.96. The molecular formula is C18H29NO9. The fourth-order valence-corrected chi connectivity index (χ4v) is 2.73. The van der Waals surface area contributed by atoms with E-state index in [4.69, 9.17) is 23.7 Å². The van der Waals surface area contributed by atoms with Crippen LogP contribution in [0.1, 0.15) is 48.0 Å².